The molecule has 1 saturated carbocycles. The molecule has 2 rings (SSSR count). The SMILES string of the molecule is Cl[C@@H]1C[C@H]1CCc1ccccc1. The number of benzene rings is 1. The number of alkyl halides is 1. The quantitative estimate of drug-likeness (QED) is 0.627. The zero-order valence-corrected chi connectivity index (χ0v) is 7.80. The molecule has 2 atom stereocenters. The van der Waals surface area contributed by atoms with Crippen molar-refractivity contribution in [1.82, 2.24) is 0 Å². The van der Waals surface area contributed by atoms with E-state index < -0.39 is 0 Å². The molecule has 0 nitrogen and oxygen atoms in total. The van der Waals surface area contributed by atoms with Crippen molar-refractivity contribution >= 4 is 11.6 Å². The minimum Gasteiger partial charge on any atom is -0.123 e. The van der Waals surface area contributed by atoms with E-state index >= 15 is 0 Å². The lowest BCUT2D eigenvalue weighted by atomic mass is 10.1. The Balaban J connectivity index is 1.80. The summed E-state index contributed by atoms with van der Waals surface area (Å²) in [6.07, 6.45) is 3.68. The van der Waals surface area contributed by atoms with E-state index in [2.05, 4.69) is 30.3 Å². The summed E-state index contributed by atoms with van der Waals surface area (Å²) in [5.41, 5.74) is 1.44. The van der Waals surface area contributed by atoms with Crippen LogP contribution in [0.4, 0.5) is 0 Å². The summed E-state index contributed by atoms with van der Waals surface area (Å²) in [7, 11) is 0. The van der Waals surface area contributed by atoms with Crippen molar-refractivity contribution in [3.8, 4) is 0 Å². The van der Waals surface area contributed by atoms with Gasteiger partial charge in [-0.15, -0.1) is 11.6 Å². The molecule has 1 aromatic carbocycles. The van der Waals surface area contributed by atoms with Crippen LogP contribution in [0.15, 0.2) is 30.3 Å². The summed E-state index contributed by atoms with van der Waals surface area (Å²) in [4.78, 5) is 0. The molecule has 1 aliphatic carbocycles. The maximum atomic E-state index is 5.92. The van der Waals surface area contributed by atoms with Gasteiger partial charge in [0.25, 0.3) is 0 Å². The number of rotatable bonds is 3. The Hall–Kier alpha value is -0.490. The molecule has 0 aliphatic heterocycles. The van der Waals surface area contributed by atoms with Gasteiger partial charge < -0.3 is 0 Å². The zero-order chi connectivity index (χ0) is 8.39. The van der Waals surface area contributed by atoms with E-state index in [-0.39, 0.29) is 0 Å². The lowest BCUT2D eigenvalue weighted by Crippen LogP contribution is -1.87. The normalized spacial score (nSPS) is 27.1. The van der Waals surface area contributed by atoms with Gasteiger partial charge in [0, 0.05) is 5.38 Å². The van der Waals surface area contributed by atoms with Crippen molar-refractivity contribution in [2.45, 2.75) is 24.6 Å². The Labute approximate surface area is 78.6 Å². The highest BCUT2D eigenvalue weighted by Crippen LogP contribution is 2.39. The molecule has 0 aromatic heterocycles. The Bertz CT molecular complexity index is 242. The van der Waals surface area contributed by atoms with E-state index in [9.17, 15) is 0 Å². The first-order chi connectivity index (χ1) is 5.86. The summed E-state index contributed by atoms with van der Waals surface area (Å²) < 4.78 is 0. The van der Waals surface area contributed by atoms with Gasteiger partial charge in [0.2, 0.25) is 0 Å². The second kappa shape index (κ2) is 3.49. The van der Waals surface area contributed by atoms with E-state index in [0.29, 0.717) is 5.38 Å². The van der Waals surface area contributed by atoms with Gasteiger partial charge in [-0.25, -0.2) is 0 Å². The Morgan fingerprint density at radius 2 is 1.92 bits per heavy atom. The Morgan fingerprint density at radius 3 is 2.50 bits per heavy atom. The largest absolute Gasteiger partial charge is 0.123 e. The summed E-state index contributed by atoms with van der Waals surface area (Å²) in [5, 5.41) is 0.480. The average molecular weight is 181 g/mol. The predicted molar refractivity (Wildman–Crippen MR) is 52.5 cm³/mol. The van der Waals surface area contributed by atoms with Gasteiger partial charge in [-0.2, -0.15) is 0 Å². The molecule has 64 valence electrons. The Morgan fingerprint density at radius 1 is 1.25 bits per heavy atom. The van der Waals surface area contributed by atoms with Crippen LogP contribution in [-0.4, -0.2) is 5.38 Å². The molecule has 1 aromatic rings. The number of hydrogen-bond acceptors (Lipinski definition) is 0. The minimum atomic E-state index is 0.480. The first kappa shape index (κ1) is 8.12. The maximum Gasteiger partial charge on any atom is 0.0368 e. The molecule has 0 N–H and O–H groups in total. The third-order valence-electron chi connectivity index (χ3n) is 2.48. The summed E-state index contributed by atoms with van der Waals surface area (Å²) in [6, 6.07) is 10.6. The van der Waals surface area contributed by atoms with Crippen molar-refractivity contribution in [1.29, 1.82) is 0 Å². The van der Waals surface area contributed by atoms with E-state index in [1.807, 2.05) is 0 Å². The second-order valence-corrected chi connectivity index (χ2v) is 4.10. The standard InChI is InChI=1S/C11H13Cl/c12-11-8-10(11)7-6-9-4-2-1-3-5-9/h1-5,10-11H,6-8H2/t10-,11-/m1/s1. The molecule has 0 radical (unpaired) electrons. The zero-order valence-electron chi connectivity index (χ0n) is 7.04. The van der Waals surface area contributed by atoms with E-state index in [1.165, 1.54) is 24.8 Å². The number of aryl methyl sites for hydroxylation is 1. The molecule has 12 heavy (non-hydrogen) atoms. The fraction of sp³-hybridized carbons (Fsp3) is 0.455. The van der Waals surface area contributed by atoms with Crippen LogP contribution in [0, 0.1) is 5.92 Å². The number of hydrogen-bond donors (Lipinski definition) is 0. The highest BCUT2D eigenvalue weighted by Gasteiger charge is 2.34. The molecule has 0 unspecified atom stereocenters. The van der Waals surface area contributed by atoms with Gasteiger partial charge in [0.05, 0.1) is 0 Å². The molecule has 1 heteroatoms. The highest BCUT2D eigenvalue weighted by molar-refractivity contribution is 6.22. The van der Waals surface area contributed by atoms with Crippen molar-refractivity contribution in [3.05, 3.63) is 35.9 Å². The van der Waals surface area contributed by atoms with Crippen LogP contribution in [0.3, 0.4) is 0 Å². The fourth-order valence-electron chi connectivity index (χ4n) is 1.51. The first-order valence-electron chi connectivity index (χ1n) is 4.54. The fourth-order valence-corrected chi connectivity index (χ4v) is 1.86. The monoisotopic (exact) mass is 180 g/mol. The predicted octanol–water partition coefficient (Wildman–Crippen LogP) is 3.25. The summed E-state index contributed by atoms with van der Waals surface area (Å²) in [5.74, 6) is 0.798. The third kappa shape index (κ3) is 2.01. The highest BCUT2D eigenvalue weighted by atomic mass is 35.5. The average Bonchev–Trinajstić information content (AvgIpc) is 2.81. The Kier molecular flexibility index (Phi) is 2.36. The lowest BCUT2D eigenvalue weighted by Gasteiger charge is -1.98. The van der Waals surface area contributed by atoms with Crippen LogP contribution in [0.5, 0.6) is 0 Å². The topological polar surface area (TPSA) is 0 Å². The van der Waals surface area contributed by atoms with Crippen LogP contribution in [0.1, 0.15) is 18.4 Å². The van der Waals surface area contributed by atoms with Gasteiger partial charge in [0.1, 0.15) is 0 Å². The lowest BCUT2D eigenvalue weighted by molar-refractivity contribution is 0.728. The molecule has 1 fully saturated rings. The van der Waals surface area contributed by atoms with Crippen molar-refractivity contribution in [3.63, 3.8) is 0 Å². The van der Waals surface area contributed by atoms with Crippen LogP contribution < -0.4 is 0 Å². The smallest absolute Gasteiger partial charge is 0.0368 e. The maximum absolute atomic E-state index is 5.92. The van der Waals surface area contributed by atoms with Gasteiger partial charge in [0.15, 0.2) is 0 Å². The van der Waals surface area contributed by atoms with Crippen LogP contribution >= 0.6 is 11.6 Å². The van der Waals surface area contributed by atoms with Crippen LogP contribution in [0.2, 0.25) is 0 Å². The first-order valence-corrected chi connectivity index (χ1v) is 4.98. The van der Waals surface area contributed by atoms with Gasteiger partial charge in [-0.1, -0.05) is 30.3 Å². The van der Waals surface area contributed by atoms with Gasteiger partial charge in [-0.05, 0) is 30.7 Å². The third-order valence-corrected chi connectivity index (χ3v) is 3.02. The van der Waals surface area contributed by atoms with Crippen molar-refractivity contribution in [2.75, 3.05) is 0 Å². The molecular formula is C11H13Cl. The van der Waals surface area contributed by atoms with E-state index in [4.69, 9.17) is 11.6 Å². The van der Waals surface area contributed by atoms with E-state index in [0.717, 1.165) is 5.92 Å². The minimum absolute atomic E-state index is 0.480. The second-order valence-electron chi connectivity index (χ2n) is 3.54. The van der Waals surface area contributed by atoms with Crippen LogP contribution in [-0.2, 0) is 6.42 Å². The molecule has 0 bridgehead atoms. The van der Waals surface area contributed by atoms with Gasteiger partial charge in [-0.3, -0.25) is 0 Å². The van der Waals surface area contributed by atoms with Crippen molar-refractivity contribution < 1.29 is 0 Å². The molecular weight excluding hydrogens is 168 g/mol. The summed E-state index contributed by atoms with van der Waals surface area (Å²) in [6.45, 7) is 0. The molecule has 0 amide bonds. The molecule has 0 heterocycles. The molecule has 0 saturated heterocycles. The van der Waals surface area contributed by atoms with E-state index in [1.54, 1.807) is 0 Å². The molecule has 1 aliphatic rings. The van der Waals surface area contributed by atoms with Crippen LogP contribution in [0.25, 0.3) is 0 Å². The number of halogens is 1. The molecule has 0 spiro atoms. The van der Waals surface area contributed by atoms with Gasteiger partial charge >= 0.3 is 0 Å². The van der Waals surface area contributed by atoms with Crippen molar-refractivity contribution in [2.24, 2.45) is 5.92 Å². The summed E-state index contributed by atoms with van der Waals surface area (Å²) >= 11 is 5.92.